The minimum absolute atomic E-state index is 0.647. The first-order chi connectivity index (χ1) is 10.2. The van der Waals surface area contributed by atoms with Crippen LogP contribution in [0.25, 0.3) is 10.9 Å². The summed E-state index contributed by atoms with van der Waals surface area (Å²) in [5.41, 5.74) is 1.14. The Kier molecular flexibility index (Phi) is 3.88. The van der Waals surface area contributed by atoms with E-state index in [0.29, 0.717) is 11.7 Å². The predicted octanol–water partition coefficient (Wildman–Crippen LogP) is 3.87. The van der Waals surface area contributed by atoms with Crippen molar-refractivity contribution in [1.82, 2.24) is 14.1 Å². The summed E-state index contributed by atoms with van der Waals surface area (Å²) in [5, 5.41) is 1.78. The maximum Gasteiger partial charge on any atom is 0.129 e. The van der Waals surface area contributed by atoms with Gasteiger partial charge in [0, 0.05) is 18.6 Å². The number of hydrogen-bond donors (Lipinski definition) is 0. The van der Waals surface area contributed by atoms with Crippen molar-refractivity contribution < 1.29 is 4.74 Å². The van der Waals surface area contributed by atoms with Crippen LogP contribution in [0.1, 0.15) is 19.2 Å². The zero-order chi connectivity index (χ0) is 14.8. The van der Waals surface area contributed by atoms with Crippen molar-refractivity contribution in [1.29, 1.82) is 0 Å². The molecule has 0 radical (unpaired) electrons. The Morgan fingerprint density at radius 1 is 1.29 bits per heavy atom. The lowest BCUT2D eigenvalue weighted by molar-refractivity contribution is 0.321. The summed E-state index contributed by atoms with van der Waals surface area (Å²) >= 11 is 6.04. The Labute approximate surface area is 128 Å². The van der Waals surface area contributed by atoms with Crippen molar-refractivity contribution >= 4 is 22.5 Å². The highest BCUT2D eigenvalue weighted by atomic mass is 35.5. The van der Waals surface area contributed by atoms with E-state index in [1.54, 1.807) is 6.20 Å². The fourth-order valence-electron chi connectivity index (χ4n) is 2.39. The molecular weight excluding hydrogens is 286 g/mol. The van der Waals surface area contributed by atoms with Crippen LogP contribution >= 0.6 is 11.6 Å². The lowest BCUT2D eigenvalue weighted by atomic mass is 10.2. The van der Waals surface area contributed by atoms with Crippen LogP contribution in [-0.4, -0.2) is 20.7 Å². The summed E-state index contributed by atoms with van der Waals surface area (Å²) in [6, 6.07) is 8.22. The molecule has 1 aromatic carbocycles. The van der Waals surface area contributed by atoms with Crippen molar-refractivity contribution in [3.63, 3.8) is 0 Å². The summed E-state index contributed by atoms with van der Waals surface area (Å²) in [6.07, 6.45) is 4.74. The third-order valence-corrected chi connectivity index (χ3v) is 3.93. The molecule has 3 rings (SSSR count). The summed E-state index contributed by atoms with van der Waals surface area (Å²) in [6.45, 7) is 3.53. The van der Waals surface area contributed by atoms with Gasteiger partial charge in [-0.05, 0) is 24.6 Å². The molecule has 4 nitrogen and oxygen atoms in total. The average Bonchev–Trinajstić information content (AvgIpc) is 3.04. The van der Waals surface area contributed by atoms with Crippen LogP contribution in [0.2, 0.25) is 5.15 Å². The highest BCUT2D eigenvalue weighted by molar-refractivity contribution is 6.29. The van der Waals surface area contributed by atoms with Crippen molar-refractivity contribution in [2.45, 2.75) is 19.9 Å². The standard InChI is InChI=1S/C16H18ClN3O/c1-3-9-21-14-6-4-5-13-12(14)7-8-20(13)11-16-18-10-15(17)19(16)2/h4-8,10H,3,9,11H2,1-2H3. The topological polar surface area (TPSA) is 32.0 Å². The molecule has 0 unspecified atom stereocenters. The predicted molar refractivity (Wildman–Crippen MR) is 85.0 cm³/mol. The Hall–Kier alpha value is -1.94. The van der Waals surface area contributed by atoms with Crippen LogP contribution in [-0.2, 0) is 13.6 Å². The van der Waals surface area contributed by atoms with Crippen molar-refractivity contribution in [2.24, 2.45) is 7.05 Å². The SMILES string of the molecule is CCCOc1cccc2c1ccn2Cc1ncc(Cl)n1C. The first-order valence-electron chi connectivity index (χ1n) is 7.07. The van der Waals surface area contributed by atoms with Gasteiger partial charge in [0.05, 0.1) is 24.9 Å². The van der Waals surface area contributed by atoms with Crippen LogP contribution in [0.15, 0.2) is 36.7 Å². The first-order valence-corrected chi connectivity index (χ1v) is 7.45. The van der Waals surface area contributed by atoms with E-state index in [-0.39, 0.29) is 0 Å². The van der Waals surface area contributed by atoms with Crippen LogP contribution in [0, 0.1) is 0 Å². The number of aromatic nitrogens is 3. The number of benzene rings is 1. The lowest BCUT2D eigenvalue weighted by Gasteiger charge is -2.08. The number of hydrogen-bond acceptors (Lipinski definition) is 2. The maximum atomic E-state index is 6.04. The van der Waals surface area contributed by atoms with Crippen molar-refractivity contribution in [2.75, 3.05) is 6.61 Å². The van der Waals surface area contributed by atoms with E-state index in [0.717, 1.165) is 35.5 Å². The monoisotopic (exact) mass is 303 g/mol. The van der Waals surface area contributed by atoms with Gasteiger partial charge in [0.2, 0.25) is 0 Å². The normalized spacial score (nSPS) is 11.2. The van der Waals surface area contributed by atoms with Gasteiger partial charge in [0.25, 0.3) is 0 Å². The zero-order valence-electron chi connectivity index (χ0n) is 12.2. The van der Waals surface area contributed by atoms with Gasteiger partial charge in [-0.2, -0.15) is 0 Å². The molecule has 0 aliphatic rings. The molecular formula is C16H18ClN3O. The summed E-state index contributed by atoms with van der Waals surface area (Å²) in [4.78, 5) is 4.35. The molecule has 2 aromatic heterocycles. The minimum atomic E-state index is 0.647. The molecule has 0 saturated heterocycles. The molecule has 0 saturated carbocycles. The van der Waals surface area contributed by atoms with Crippen molar-refractivity contribution in [3.8, 4) is 5.75 Å². The van der Waals surface area contributed by atoms with E-state index in [1.807, 2.05) is 23.7 Å². The van der Waals surface area contributed by atoms with E-state index in [4.69, 9.17) is 16.3 Å². The largest absolute Gasteiger partial charge is 0.493 e. The Balaban J connectivity index is 1.95. The van der Waals surface area contributed by atoms with Crippen LogP contribution in [0.5, 0.6) is 5.75 Å². The van der Waals surface area contributed by atoms with E-state index in [1.165, 1.54) is 0 Å². The van der Waals surface area contributed by atoms with Crippen LogP contribution in [0.4, 0.5) is 0 Å². The number of nitrogens with zero attached hydrogens (tertiary/aromatic N) is 3. The maximum absolute atomic E-state index is 6.04. The smallest absolute Gasteiger partial charge is 0.129 e. The summed E-state index contributed by atoms with van der Waals surface area (Å²) < 4.78 is 9.86. The van der Waals surface area contributed by atoms with Crippen LogP contribution in [0.3, 0.4) is 0 Å². The van der Waals surface area contributed by atoms with E-state index in [2.05, 4.69) is 34.8 Å². The molecule has 21 heavy (non-hydrogen) atoms. The van der Waals surface area contributed by atoms with Gasteiger partial charge in [0.15, 0.2) is 0 Å². The number of halogens is 1. The van der Waals surface area contributed by atoms with E-state index in [9.17, 15) is 0 Å². The molecule has 0 N–H and O–H groups in total. The van der Waals surface area contributed by atoms with Gasteiger partial charge in [-0.25, -0.2) is 4.98 Å². The molecule has 0 aliphatic carbocycles. The average molecular weight is 304 g/mol. The van der Waals surface area contributed by atoms with Crippen LogP contribution < -0.4 is 4.74 Å². The fourth-order valence-corrected chi connectivity index (χ4v) is 2.54. The fraction of sp³-hybridized carbons (Fsp3) is 0.312. The minimum Gasteiger partial charge on any atom is -0.493 e. The van der Waals surface area contributed by atoms with Gasteiger partial charge < -0.3 is 13.9 Å². The molecule has 0 bridgehead atoms. The highest BCUT2D eigenvalue weighted by Crippen LogP contribution is 2.27. The molecule has 3 aromatic rings. The Morgan fingerprint density at radius 3 is 2.86 bits per heavy atom. The van der Waals surface area contributed by atoms with Gasteiger partial charge in [-0.15, -0.1) is 0 Å². The third-order valence-electron chi connectivity index (χ3n) is 3.57. The molecule has 0 atom stereocenters. The third kappa shape index (κ3) is 2.63. The highest BCUT2D eigenvalue weighted by Gasteiger charge is 2.10. The van der Waals surface area contributed by atoms with E-state index < -0.39 is 0 Å². The van der Waals surface area contributed by atoms with Gasteiger partial charge >= 0.3 is 0 Å². The second-order valence-corrected chi connectivity index (χ2v) is 5.42. The second kappa shape index (κ2) is 5.82. The number of rotatable bonds is 5. The first kappa shape index (κ1) is 14.0. The molecule has 110 valence electrons. The van der Waals surface area contributed by atoms with E-state index >= 15 is 0 Å². The quantitative estimate of drug-likeness (QED) is 0.717. The molecule has 2 heterocycles. The number of imidazole rings is 1. The van der Waals surface area contributed by atoms with Crippen molar-refractivity contribution in [3.05, 3.63) is 47.6 Å². The molecule has 0 aliphatic heterocycles. The Morgan fingerprint density at radius 2 is 2.14 bits per heavy atom. The molecule has 0 amide bonds. The number of ether oxygens (including phenoxy) is 1. The van der Waals surface area contributed by atoms with Gasteiger partial charge in [0.1, 0.15) is 16.7 Å². The lowest BCUT2D eigenvalue weighted by Crippen LogP contribution is -2.05. The second-order valence-electron chi connectivity index (χ2n) is 5.04. The van der Waals surface area contributed by atoms with Gasteiger partial charge in [-0.1, -0.05) is 24.6 Å². The zero-order valence-corrected chi connectivity index (χ0v) is 13.0. The molecule has 5 heteroatoms. The summed E-state index contributed by atoms with van der Waals surface area (Å²) in [5.74, 6) is 1.86. The van der Waals surface area contributed by atoms with Gasteiger partial charge in [-0.3, -0.25) is 0 Å². The number of fused-ring (bicyclic) bond motifs is 1. The summed E-state index contributed by atoms with van der Waals surface area (Å²) in [7, 11) is 1.92. The Bertz CT molecular complexity index is 760. The molecule has 0 fully saturated rings. The molecule has 0 spiro atoms.